The van der Waals surface area contributed by atoms with Gasteiger partial charge in [0.05, 0.1) is 28.0 Å². The van der Waals surface area contributed by atoms with E-state index in [1.807, 2.05) is 0 Å². The van der Waals surface area contributed by atoms with Crippen molar-refractivity contribution in [2.24, 2.45) is 0 Å². The summed E-state index contributed by atoms with van der Waals surface area (Å²) in [6, 6.07) is 0.481. The monoisotopic (exact) mass is 446 g/mol. The summed E-state index contributed by atoms with van der Waals surface area (Å²) in [7, 11) is 11.6. The largest absolute Gasteiger partial charge is 0.477 e. The van der Waals surface area contributed by atoms with E-state index >= 15 is 0 Å². The number of hydrogen-bond donors (Lipinski definition) is 2. The predicted octanol–water partition coefficient (Wildman–Crippen LogP) is 2.96. The number of nitrogens with two attached hydrogens (primary N) is 1. The number of anilines is 1. The van der Waals surface area contributed by atoms with Gasteiger partial charge in [-0.25, -0.2) is 4.98 Å². The third-order valence-corrected chi connectivity index (χ3v) is 4.85. The fourth-order valence-corrected chi connectivity index (χ4v) is 2.95. The van der Waals surface area contributed by atoms with Crippen LogP contribution in [0.1, 0.15) is 30.7 Å². The second kappa shape index (κ2) is 7.92. The molecule has 3 N–H and O–H groups in total. The van der Waals surface area contributed by atoms with Crippen molar-refractivity contribution < 1.29 is 40.6 Å². The Morgan fingerprint density at radius 1 is 1.10 bits per heavy atom. The number of pyridine rings is 1. The van der Waals surface area contributed by atoms with Crippen LogP contribution < -0.4 is 10.5 Å². The smallest absolute Gasteiger partial charge is 0.426 e. The third-order valence-electron chi connectivity index (χ3n) is 4.85. The fraction of sp³-hybridized carbons (Fsp3) is 0.562. The van der Waals surface area contributed by atoms with Gasteiger partial charge in [-0.2, -0.15) is 26.3 Å². The molecule has 0 fully saturated rings. The van der Waals surface area contributed by atoms with E-state index in [2.05, 4.69) is 15.2 Å². The van der Waals surface area contributed by atoms with Crippen molar-refractivity contribution >= 4 is 21.4 Å². The summed E-state index contributed by atoms with van der Waals surface area (Å²) in [5, 5.41) is 16.9. The van der Waals surface area contributed by atoms with Crippen LogP contribution in [0, 0.1) is 0 Å². The second-order valence-corrected chi connectivity index (χ2v) is 7.05. The Hall–Kier alpha value is -2.44. The molecule has 3 unspecified atom stereocenters. The number of halogens is 6. The second-order valence-electron chi connectivity index (χ2n) is 7.05. The number of aliphatic hydroxyl groups is 1. The molecule has 164 valence electrons. The lowest BCUT2D eigenvalue weighted by Gasteiger charge is -2.29. The van der Waals surface area contributed by atoms with Gasteiger partial charge in [0.25, 0.3) is 11.8 Å². The molecule has 0 aliphatic carbocycles. The van der Waals surface area contributed by atoms with E-state index in [1.165, 1.54) is 0 Å². The molecule has 7 nitrogen and oxygen atoms in total. The molecule has 0 saturated carbocycles. The SMILES string of the molecule is [B]C1CCOc2nc(c(N)cc2C(F)(F)F)-c2nnc(o2)C(O)(C(F)(F)F)CCC1[B]. The van der Waals surface area contributed by atoms with Crippen LogP contribution in [0.25, 0.3) is 11.6 Å². The maximum atomic E-state index is 13.6. The summed E-state index contributed by atoms with van der Waals surface area (Å²) in [5.74, 6) is -4.86. The normalized spacial score (nSPS) is 25.5. The molecule has 3 heterocycles. The van der Waals surface area contributed by atoms with Gasteiger partial charge in [0, 0.05) is 0 Å². The molecule has 31 heavy (non-hydrogen) atoms. The minimum Gasteiger partial charge on any atom is -0.477 e. The maximum Gasteiger partial charge on any atom is 0.426 e. The third kappa shape index (κ3) is 4.46. The summed E-state index contributed by atoms with van der Waals surface area (Å²) in [6.07, 6.45) is -11.6. The molecule has 15 heteroatoms. The van der Waals surface area contributed by atoms with Crippen molar-refractivity contribution in [3.05, 3.63) is 17.5 Å². The number of hydrogen-bond acceptors (Lipinski definition) is 7. The standard InChI is InChI=1S/C16H14B2F6N4O3/c17-7-1-3-14(29,16(22,23)24)13-28-27-12(31-13)10-9(25)5-6(15(19,20)21)11(26-10)30-4-2-8(7)18/h5,7-8,29H,1-4,25H2. The lowest BCUT2D eigenvalue weighted by Crippen LogP contribution is -2.43. The molecule has 2 aromatic rings. The van der Waals surface area contributed by atoms with Gasteiger partial charge in [-0.15, -0.1) is 10.2 Å². The van der Waals surface area contributed by atoms with Crippen LogP contribution in [0.4, 0.5) is 32.0 Å². The van der Waals surface area contributed by atoms with Gasteiger partial charge in [0.1, 0.15) is 5.56 Å². The number of ether oxygens (including phenoxy) is 1. The number of nitrogens with zero attached hydrogens (tertiary/aromatic N) is 3. The molecule has 2 aromatic heterocycles. The van der Waals surface area contributed by atoms with Gasteiger partial charge in [0.15, 0.2) is 5.69 Å². The van der Waals surface area contributed by atoms with E-state index in [1.54, 1.807) is 0 Å². The summed E-state index contributed by atoms with van der Waals surface area (Å²) in [5.41, 5.74) is -0.428. The van der Waals surface area contributed by atoms with Crippen molar-refractivity contribution in [3.8, 4) is 17.5 Å². The first-order valence-corrected chi connectivity index (χ1v) is 8.89. The molecular weight excluding hydrogens is 432 g/mol. The summed E-state index contributed by atoms with van der Waals surface area (Å²) >= 11 is 0. The molecule has 0 amide bonds. The van der Waals surface area contributed by atoms with Crippen LogP contribution in [-0.2, 0) is 11.8 Å². The van der Waals surface area contributed by atoms with Crippen LogP contribution >= 0.6 is 0 Å². The summed E-state index contributed by atoms with van der Waals surface area (Å²) < 4.78 is 91.0. The number of rotatable bonds is 0. The minimum absolute atomic E-state index is 0.0946. The molecule has 3 rings (SSSR count). The van der Waals surface area contributed by atoms with E-state index < -0.39 is 77.0 Å². The van der Waals surface area contributed by atoms with Gasteiger partial charge >= 0.3 is 12.4 Å². The van der Waals surface area contributed by atoms with Crippen molar-refractivity contribution in [2.75, 3.05) is 12.3 Å². The lowest BCUT2D eigenvalue weighted by molar-refractivity contribution is -0.277. The Labute approximate surface area is 174 Å². The molecule has 0 aromatic carbocycles. The average Bonchev–Trinajstić information content (AvgIpc) is 3.14. The molecule has 1 aliphatic rings. The zero-order valence-corrected chi connectivity index (χ0v) is 15.7. The topological polar surface area (TPSA) is 107 Å². The van der Waals surface area contributed by atoms with E-state index in [0.29, 0.717) is 6.07 Å². The van der Waals surface area contributed by atoms with Gasteiger partial charge in [-0.05, 0) is 18.9 Å². The fourth-order valence-electron chi connectivity index (χ4n) is 2.95. The van der Waals surface area contributed by atoms with Crippen LogP contribution in [0.15, 0.2) is 10.5 Å². The van der Waals surface area contributed by atoms with Gasteiger partial charge < -0.3 is 20.0 Å². The van der Waals surface area contributed by atoms with E-state index in [-0.39, 0.29) is 13.0 Å². The van der Waals surface area contributed by atoms with Gasteiger partial charge in [-0.1, -0.05) is 18.1 Å². The Bertz CT molecular complexity index is 954. The van der Waals surface area contributed by atoms with Crippen molar-refractivity contribution in [1.29, 1.82) is 0 Å². The molecule has 0 spiro atoms. The Kier molecular flexibility index (Phi) is 5.93. The average molecular weight is 446 g/mol. The first kappa shape index (κ1) is 23.2. The molecule has 1 aliphatic heterocycles. The van der Waals surface area contributed by atoms with E-state index in [0.717, 1.165) is 0 Å². The Morgan fingerprint density at radius 3 is 2.35 bits per heavy atom. The minimum atomic E-state index is -5.23. The molecule has 4 bridgehead atoms. The molecule has 4 radical (unpaired) electrons. The van der Waals surface area contributed by atoms with Crippen molar-refractivity contribution in [3.63, 3.8) is 0 Å². The highest BCUT2D eigenvalue weighted by Gasteiger charge is 2.58. The summed E-state index contributed by atoms with van der Waals surface area (Å²) in [6.45, 7) is -0.368. The Morgan fingerprint density at radius 2 is 1.74 bits per heavy atom. The van der Waals surface area contributed by atoms with Gasteiger partial charge in [0.2, 0.25) is 11.5 Å². The number of nitrogen functional groups attached to an aromatic ring is 1. The van der Waals surface area contributed by atoms with Crippen LogP contribution in [0.5, 0.6) is 5.88 Å². The first-order valence-electron chi connectivity index (χ1n) is 8.89. The van der Waals surface area contributed by atoms with Crippen LogP contribution in [0.3, 0.4) is 0 Å². The highest BCUT2D eigenvalue weighted by molar-refractivity contribution is 6.21. The number of aromatic nitrogens is 3. The molecule has 3 atom stereocenters. The maximum absolute atomic E-state index is 13.6. The Balaban J connectivity index is 2.18. The van der Waals surface area contributed by atoms with Crippen LogP contribution in [0.2, 0.25) is 11.6 Å². The zero-order valence-electron chi connectivity index (χ0n) is 15.7. The highest BCUT2D eigenvalue weighted by atomic mass is 19.4. The van der Waals surface area contributed by atoms with Crippen molar-refractivity contribution in [2.45, 2.75) is 48.9 Å². The number of alkyl halides is 6. The zero-order chi connectivity index (χ0) is 23.2. The number of fused-ring (bicyclic) bond motifs is 5. The summed E-state index contributed by atoms with van der Waals surface area (Å²) in [4.78, 5) is 3.63. The lowest BCUT2D eigenvalue weighted by atomic mass is 9.63. The molecular formula is C16H14B2F6N4O3. The van der Waals surface area contributed by atoms with E-state index in [4.69, 9.17) is 30.6 Å². The van der Waals surface area contributed by atoms with E-state index in [9.17, 15) is 31.4 Å². The van der Waals surface area contributed by atoms with Gasteiger partial charge in [-0.3, -0.25) is 0 Å². The highest BCUT2D eigenvalue weighted by Crippen LogP contribution is 2.45. The van der Waals surface area contributed by atoms with Crippen molar-refractivity contribution in [1.82, 2.24) is 15.2 Å². The van der Waals surface area contributed by atoms with Crippen LogP contribution in [-0.4, -0.2) is 48.8 Å². The molecule has 0 saturated heterocycles. The quantitative estimate of drug-likeness (QED) is 0.474. The predicted molar refractivity (Wildman–Crippen MR) is 95.2 cm³/mol. The first-order chi connectivity index (χ1) is 14.2.